The van der Waals surface area contributed by atoms with Crippen LogP contribution in [0.1, 0.15) is 25.7 Å². The first-order valence-electron chi connectivity index (χ1n) is 11.7. The van der Waals surface area contributed by atoms with Gasteiger partial charge >= 0.3 is 0 Å². The minimum Gasteiger partial charge on any atom is -0.370 e. The molecule has 0 aromatic carbocycles. The Kier molecular flexibility index (Phi) is 5.82. The number of nitrogens with zero attached hydrogens (tertiary/aromatic N) is 8. The molecule has 4 atom stereocenters. The third-order valence-corrected chi connectivity index (χ3v) is 6.51. The first-order valence-corrected chi connectivity index (χ1v) is 11.7. The fourth-order valence-electron chi connectivity index (χ4n) is 4.78. The average molecular weight is 459 g/mol. The maximum atomic E-state index is 6.36. The Morgan fingerprint density at radius 2 is 1.09 bits per heavy atom. The van der Waals surface area contributed by atoms with Crippen LogP contribution in [0.3, 0.4) is 0 Å². The molecule has 0 spiro atoms. The largest absolute Gasteiger partial charge is 0.370 e. The van der Waals surface area contributed by atoms with E-state index in [2.05, 4.69) is 30.6 Å². The molecule has 10 heteroatoms. The van der Waals surface area contributed by atoms with Crippen molar-refractivity contribution in [3.05, 3.63) is 61.4 Å². The summed E-state index contributed by atoms with van der Waals surface area (Å²) in [5.41, 5.74) is 3.72. The highest BCUT2D eigenvalue weighted by atomic mass is 16.6. The first-order chi connectivity index (χ1) is 16.8. The molecule has 0 N–H and O–H groups in total. The third-order valence-electron chi connectivity index (χ3n) is 6.51. The summed E-state index contributed by atoms with van der Waals surface area (Å²) in [6.45, 7) is 1.39. The molecule has 0 bridgehead atoms. The second-order valence-corrected chi connectivity index (χ2v) is 8.87. The van der Waals surface area contributed by atoms with Crippen LogP contribution < -0.4 is 0 Å². The third kappa shape index (κ3) is 4.59. The fraction of sp³-hybridized carbons (Fsp3) is 0.417. The van der Waals surface area contributed by atoms with Crippen LogP contribution >= 0.6 is 0 Å². The van der Waals surface area contributed by atoms with E-state index in [4.69, 9.17) is 9.47 Å². The number of hydrogen-bond donors (Lipinski definition) is 0. The van der Waals surface area contributed by atoms with Gasteiger partial charge < -0.3 is 9.47 Å². The van der Waals surface area contributed by atoms with E-state index in [-0.39, 0.29) is 24.4 Å². The molecule has 6 rings (SSSR count). The molecule has 4 aromatic heterocycles. The van der Waals surface area contributed by atoms with Gasteiger partial charge in [0.1, 0.15) is 11.4 Å². The predicted molar refractivity (Wildman–Crippen MR) is 122 cm³/mol. The summed E-state index contributed by atoms with van der Waals surface area (Å²) in [6.07, 6.45) is 15.5. The number of ether oxygens (including phenoxy) is 2. The van der Waals surface area contributed by atoms with Crippen LogP contribution in [0.15, 0.2) is 61.4 Å². The summed E-state index contributed by atoms with van der Waals surface area (Å²) in [5, 5.41) is 17.1. The van der Waals surface area contributed by atoms with Gasteiger partial charge in [-0.15, -0.1) is 10.2 Å². The van der Waals surface area contributed by atoms with Gasteiger partial charge in [-0.2, -0.15) is 0 Å². The van der Waals surface area contributed by atoms with Gasteiger partial charge in [-0.05, 0) is 49.9 Å². The van der Waals surface area contributed by atoms with Crippen LogP contribution in [-0.2, 0) is 22.6 Å². The molecule has 0 aliphatic carbocycles. The van der Waals surface area contributed by atoms with Gasteiger partial charge in [-0.25, -0.2) is 9.36 Å². The lowest BCUT2D eigenvalue weighted by atomic mass is 10.1. The molecule has 2 aliphatic heterocycles. The second-order valence-electron chi connectivity index (χ2n) is 8.87. The molecule has 2 saturated heterocycles. The van der Waals surface area contributed by atoms with E-state index in [9.17, 15) is 0 Å². The number of aromatic nitrogens is 8. The molecule has 6 heterocycles. The minimum absolute atomic E-state index is 0.123. The maximum Gasteiger partial charge on any atom is 0.113 e. The van der Waals surface area contributed by atoms with Crippen LogP contribution in [0, 0.1) is 0 Å². The summed E-state index contributed by atoms with van der Waals surface area (Å²) in [4.78, 5) is 8.10. The van der Waals surface area contributed by atoms with Gasteiger partial charge in [0.25, 0.3) is 0 Å². The van der Waals surface area contributed by atoms with E-state index < -0.39 is 0 Å². The fourth-order valence-corrected chi connectivity index (χ4v) is 4.78. The average Bonchev–Trinajstić information content (AvgIpc) is 3.69. The van der Waals surface area contributed by atoms with E-state index in [1.165, 1.54) is 0 Å². The lowest BCUT2D eigenvalue weighted by molar-refractivity contribution is -0.0713. The van der Waals surface area contributed by atoms with Crippen molar-refractivity contribution in [3.8, 4) is 22.5 Å². The highest BCUT2D eigenvalue weighted by Crippen LogP contribution is 2.32. The van der Waals surface area contributed by atoms with Crippen molar-refractivity contribution in [2.24, 2.45) is 0 Å². The molecule has 4 aromatic rings. The minimum atomic E-state index is 0.123. The first kappa shape index (κ1) is 21.1. The summed E-state index contributed by atoms with van der Waals surface area (Å²) in [6, 6.07) is 7.74. The summed E-state index contributed by atoms with van der Waals surface area (Å²) in [7, 11) is 0. The molecular formula is C24H26N8O2. The van der Waals surface area contributed by atoms with Crippen LogP contribution in [0.4, 0.5) is 0 Å². The normalized spacial score (nSPS) is 24.6. The van der Waals surface area contributed by atoms with Crippen molar-refractivity contribution in [1.29, 1.82) is 0 Å². The van der Waals surface area contributed by atoms with Crippen LogP contribution in [0.25, 0.3) is 22.5 Å². The molecule has 0 amide bonds. The summed E-state index contributed by atoms with van der Waals surface area (Å²) >= 11 is 0. The van der Waals surface area contributed by atoms with E-state index in [0.29, 0.717) is 13.1 Å². The highest BCUT2D eigenvalue weighted by Gasteiger charge is 2.37. The molecule has 0 unspecified atom stereocenters. The Balaban J connectivity index is 1.00. The zero-order chi connectivity index (χ0) is 22.7. The Labute approximate surface area is 196 Å². The molecule has 2 aliphatic rings. The van der Waals surface area contributed by atoms with Gasteiger partial charge in [-0.1, -0.05) is 10.4 Å². The zero-order valence-electron chi connectivity index (χ0n) is 18.7. The van der Waals surface area contributed by atoms with Gasteiger partial charge in [0.15, 0.2) is 0 Å². The van der Waals surface area contributed by atoms with Gasteiger partial charge in [0.05, 0.1) is 49.9 Å². The smallest absolute Gasteiger partial charge is 0.113 e. The Bertz CT molecular complexity index is 1120. The quantitative estimate of drug-likeness (QED) is 0.416. The Morgan fingerprint density at radius 1 is 0.647 bits per heavy atom. The lowest BCUT2D eigenvalue weighted by Gasteiger charge is -2.20. The van der Waals surface area contributed by atoms with Crippen LogP contribution in [0.2, 0.25) is 0 Å². The Morgan fingerprint density at radius 3 is 1.53 bits per heavy atom. The Hall–Kier alpha value is -3.50. The lowest BCUT2D eigenvalue weighted by Crippen LogP contribution is -2.29. The highest BCUT2D eigenvalue weighted by molar-refractivity contribution is 5.56. The van der Waals surface area contributed by atoms with E-state index in [1.54, 1.807) is 24.8 Å². The van der Waals surface area contributed by atoms with E-state index in [1.807, 2.05) is 46.0 Å². The zero-order valence-corrected chi connectivity index (χ0v) is 18.7. The van der Waals surface area contributed by atoms with E-state index >= 15 is 0 Å². The topological polar surface area (TPSA) is 106 Å². The summed E-state index contributed by atoms with van der Waals surface area (Å²) in [5.74, 6) is 0. The maximum absolute atomic E-state index is 6.36. The van der Waals surface area contributed by atoms with Crippen molar-refractivity contribution in [1.82, 2.24) is 40.0 Å². The van der Waals surface area contributed by atoms with Crippen LogP contribution in [0.5, 0.6) is 0 Å². The number of hydrogen-bond acceptors (Lipinski definition) is 8. The molecule has 0 saturated carbocycles. The molecule has 2 fully saturated rings. The van der Waals surface area contributed by atoms with Gasteiger partial charge in [-0.3, -0.25) is 9.97 Å². The molecule has 174 valence electrons. The monoisotopic (exact) mass is 458 g/mol. The summed E-state index contributed by atoms with van der Waals surface area (Å²) < 4.78 is 16.5. The molecule has 34 heavy (non-hydrogen) atoms. The van der Waals surface area contributed by atoms with Crippen molar-refractivity contribution >= 4 is 0 Å². The van der Waals surface area contributed by atoms with Gasteiger partial charge in [0, 0.05) is 35.9 Å². The van der Waals surface area contributed by atoms with Crippen LogP contribution in [-0.4, -0.2) is 64.4 Å². The van der Waals surface area contributed by atoms with Crippen molar-refractivity contribution in [2.45, 2.75) is 63.2 Å². The second kappa shape index (κ2) is 9.40. The van der Waals surface area contributed by atoms with E-state index in [0.717, 1.165) is 48.2 Å². The van der Waals surface area contributed by atoms with Gasteiger partial charge in [0.2, 0.25) is 0 Å². The van der Waals surface area contributed by atoms with Crippen molar-refractivity contribution in [2.75, 3.05) is 0 Å². The van der Waals surface area contributed by atoms with Crippen molar-refractivity contribution in [3.63, 3.8) is 0 Å². The molecule has 0 radical (unpaired) electrons. The number of rotatable bonds is 7. The SMILES string of the molecule is c1cc(-c2cn(C[C@H]3CC[C@@H]([C@@H]4CC[C@H](Cn5cc(-c6ccncc6)nn5)O4)O3)nn2)ccn1. The van der Waals surface area contributed by atoms with Crippen molar-refractivity contribution < 1.29 is 9.47 Å². The molecule has 10 nitrogen and oxygen atoms in total. The standard InChI is InChI=1S/C24H26N8O2/c1-3-23(33-19(1)13-31-15-21(27-29-31)17-5-9-25-10-6-17)24-4-2-20(34-24)14-32-16-22(28-30-32)18-7-11-26-12-8-18/h5-12,15-16,19-20,23-24H,1-4,13-14H2/t19-,20-,23+,24+/m1/s1. The predicted octanol–water partition coefficient (Wildman–Crippen LogP) is 2.79. The number of pyridine rings is 2. The molecular weight excluding hydrogens is 432 g/mol.